The van der Waals surface area contributed by atoms with Crippen molar-refractivity contribution < 1.29 is 9.90 Å². The van der Waals surface area contributed by atoms with Crippen molar-refractivity contribution in [1.29, 1.82) is 0 Å². The molecule has 1 aliphatic heterocycles. The van der Waals surface area contributed by atoms with E-state index in [1.54, 1.807) is 0 Å². The molecule has 3 rings (SSSR count). The van der Waals surface area contributed by atoms with E-state index < -0.39 is 5.97 Å². The Hall–Kier alpha value is -2.21. The monoisotopic (exact) mass is 272 g/mol. The number of aromatic nitrogens is 2. The van der Waals surface area contributed by atoms with Gasteiger partial charge in [0.1, 0.15) is 0 Å². The molecule has 104 valence electrons. The van der Waals surface area contributed by atoms with Gasteiger partial charge in [0.25, 0.3) is 0 Å². The summed E-state index contributed by atoms with van der Waals surface area (Å²) >= 11 is 0. The molecule has 6 nitrogen and oxygen atoms in total. The first-order valence-electron chi connectivity index (χ1n) is 6.63. The third-order valence-corrected chi connectivity index (χ3v) is 3.49. The third-order valence-electron chi connectivity index (χ3n) is 3.49. The fourth-order valence-corrected chi connectivity index (χ4v) is 2.41. The number of rotatable bonds is 3. The molecule has 1 saturated heterocycles. The number of nitrogens with zero attached hydrogens (tertiary/aromatic N) is 4. The number of piperazine rings is 1. The van der Waals surface area contributed by atoms with Gasteiger partial charge in [-0.25, -0.2) is 9.97 Å². The molecular formula is C14H16N4O2. The Morgan fingerprint density at radius 2 is 1.95 bits per heavy atom. The van der Waals surface area contributed by atoms with E-state index in [4.69, 9.17) is 5.11 Å². The summed E-state index contributed by atoms with van der Waals surface area (Å²) in [6.45, 7) is 3.06. The average Bonchev–Trinajstić information content (AvgIpc) is 2.47. The van der Waals surface area contributed by atoms with Gasteiger partial charge in [0.15, 0.2) is 0 Å². The lowest BCUT2D eigenvalue weighted by Gasteiger charge is -2.33. The Bertz CT molecular complexity index is 623. The van der Waals surface area contributed by atoms with E-state index in [2.05, 4.69) is 14.9 Å². The van der Waals surface area contributed by atoms with Gasteiger partial charge in [-0.2, -0.15) is 0 Å². The molecule has 1 fully saturated rings. The average molecular weight is 272 g/mol. The molecule has 0 aliphatic carbocycles. The maximum Gasteiger partial charge on any atom is 0.317 e. The summed E-state index contributed by atoms with van der Waals surface area (Å²) in [6.07, 6.45) is 1.83. The highest BCUT2D eigenvalue weighted by Gasteiger charge is 2.20. The molecule has 1 aromatic heterocycles. The summed E-state index contributed by atoms with van der Waals surface area (Å²) in [5, 5.41) is 9.82. The number of para-hydroxylation sites is 1. The highest BCUT2D eigenvalue weighted by atomic mass is 16.4. The SMILES string of the molecule is O=C(O)CN1CCN(c2ncc3ccccc3n2)CC1. The fourth-order valence-electron chi connectivity index (χ4n) is 2.41. The van der Waals surface area contributed by atoms with Crippen LogP contribution < -0.4 is 4.90 Å². The van der Waals surface area contributed by atoms with E-state index >= 15 is 0 Å². The number of aliphatic carboxylic acids is 1. The molecule has 0 radical (unpaired) electrons. The van der Waals surface area contributed by atoms with Crippen LogP contribution in [0.4, 0.5) is 5.95 Å². The predicted molar refractivity (Wildman–Crippen MR) is 75.8 cm³/mol. The summed E-state index contributed by atoms with van der Waals surface area (Å²) < 4.78 is 0. The molecule has 1 aromatic carbocycles. The second-order valence-corrected chi connectivity index (χ2v) is 4.89. The highest BCUT2D eigenvalue weighted by Crippen LogP contribution is 2.16. The summed E-state index contributed by atoms with van der Waals surface area (Å²) in [4.78, 5) is 23.7. The number of hydrogen-bond acceptors (Lipinski definition) is 5. The van der Waals surface area contributed by atoms with E-state index in [0.717, 1.165) is 43.0 Å². The molecule has 0 amide bonds. The van der Waals surface area contributed by atoms with Crippen molar-refractivity contribution in [2.45, 2.75) is 0 Å². The van der Waals surface area contributed by atoms with Crippen molar-refractivity contribution in [2.75, 3.05) is 37.6 Å². The van der Waals surface area contributed by atoms with Crippen LogP contribution in [0.3, 0.4) is 0 Å². The Morgan fingerprint density at radius 3 is 2.70 bits per heavy atom. The lowest BCUT2D eigenvalue weighted by molar-refractivity contribution is -0.138. The van der Waals surface area contributed by atoms with Gasteiger partial charge in [-0.15, -0.1) is 0 Å². The minimum Gasteiger partial charge on any atom is -0.480 e. The van der Waals surface area contributed by atoms with Crippen LogP contribution in [0.25, 0.3) is 10.9 Å². The quantitative estimate of drug-likeness (QED) is 0.892. The van der Waals surface area contributed by atoms with Crippen LogP contribution in [-0.2, 0) is 4.79 Å². The zero-order chi connectivity index (χ0) is 13.9. The Morgan fingerprint density at radius 1 is 1.20 bits per heavy atom. The van der Waals surface area contributed by atoms with Crippen molar-refractivity contribution in [2.24, 2.45) is 0 Å². The molecule has 2 aromatic rings. The number of benzene rings is 1. The second kappa shape index (κ2) is 5.42. The molecule has 2 heterocycles. The summed E-state index contributed by atoms with van der Waals surface area (Å²) in [5.41, 5.74) is 0.936. The zero-order valence-corrected chi connectivity index (χ0v) is 11.1. The lowest BCUT2D eigenvalue weighted by Crippen LogP contribution is -2.48. The standard InChI is InChI=1S/C14H16N4O2/c19-13(20)10-17-5-7-18(8-6-17)14-15-9-11-3-1-2-4-12(11)16-14/h1-4,9H,5-8,10H2,(H,19,20). The van der Waals surface area contributed by atoms with Crippen LogP contribution in [0.15, 0.2) is 30.5 Å². The van der Waals surface area contributed by atoms with E-state index in [-0.39, 0.29) is 6.54 Å². The molecule has 0 saturated carbocycles. The van der Waals surface area contributed by atoms with E-state index in [1.165, 1.54) is 0 Å². The highest BCUT2D eigenvalue weighted by molar-refractivity contribution is 5.78. The predicted octanol–water partition coefficient (Wildman–Crippen LogP) is 0.836. The lowest BCUT2D eigenvalue weighted by atomic mass is 10.2. The molecule has 1 N–H and O–H groups in total. The molecule has 20 heavy (non-hydrogen) atoms. The third kappa shape index (κ3) is 2.70. The largest absolute Gasteiger partial charge is 0.480 e. The number of hydrogen-bond donors (Lipinski definition) is 1. The summed E-state index contributed by atoms with van der Waals surface area (Å²) in [6, 6.07) is 7.89. The van der Waals surface area contributed by atoms with Crippen molar-refractivity contribution >= 4 is 22.8 Å². The molecular weight excluding hydrogens is 256 g/mol. The van der Waals surface area contributed by atoms with E-state index in [9.17, 15) is 4.79 Å². The van der Waals surface area contributed by atoms with Gasteiger partial charge in [-0.1, -0.05) is 18.2 Å². The maximum atomic E-state index is 10.7. The van der Waals surface area contributed by atoms with Crippen LogP contribution in [-0.4, -0.2) is 58.7 Å². The number of carboxylic acids is 1. The van der Waals surface area contributed by atoms with Crippen molar-refractivity contribution in [3.05, 3.63) is 30.5 Å². The van der Waals surface area contributed by atoms with Crippen molar-refractivity contribution in [3.63, 3.8) is 0 Å². The maximum absolute atomic E-state index is 10.7. The molecule has 0 bridgehead atoms. The van der Waals surface area contributed by atoms with Gasteiger partial charge in [-0.05, 0) is 6.07 Å². The molecule has 0 atom stereocenters. The minimum atomic E-state index is -0.777. The first-order valence-corrected chi connectivity index (χ1v) is 6.63. The van der Waals surface area contributed by atoms with Gasteiger partial charge in [0, 0.05) is 37.8 Å². The van der Waals surface area contributed by atoms with Gasteiger partial charge in [0.05, 0.1) is 12.1 Å². The summed E-state index contributed by atoms with van der Waals surface area (Å²) in [7, 11) is 0. The topological polar surface area (TPSA) is 69.6 Å². The first kappa shape index (κ1) is 12.8. The zero-order valence-electron chi connectivity index (χ0n) is 11.1. The van der Waals surface area contributed by atoms with E-state index in [1.807, 2.05) is 35.4 Å². The smallest absolute Gasteiger partial charge is 0.317 e. The second-order valence-electron chi connectivity index (χ2n) is 4.89. The number of anilines is 1. The number of carboxylic acid groups (broad SMARTS) is 1. The Kier molecular flexibility index (Phi) is 3.47. The van der Waals surface area contributed by atoms with Crippen LogP contribution in [0.2, 0.25) is 0 Å². The Labute approximate surface area is 116 Å². The molecule has 6 heteroatoms. The minimum absolute atomic E-state index is 0.104. The van der Waals surface area contributed by atoms with Crippen molar-refractivity contribution in [3.8, 4) is 0 Å². The summed E-state index contributed by atoms with van der Waals surface area (Å²) in [5.74, 6) is -0.0564. The van der Waals surface area contributed by atoms with Gasteiger partial charge >= 0.3 is 5.97 Å². The normalized spacial score (nSPS) is 16.5. The van der Waals surface area contributed by atoms with Gasteiger partial charge in [-0.3, -0.25) is 9.69 Å². The number of fused-ring (bicyclic) bond motifs is 1. The first-order chi connectivity index (χ1) is 9.72. The van der Waals surface area contributed by atoms with Crippen LogP contribution in [0.1, 0.15) is 0 Å². The van der Waals surface area contributed by atoms with Crippen LogP contribution >= 0.6 is 0 Å². The van der Waals surface area contributed by atoms with E-state index in [0.29, 0.717) is 0 Å². The molecule has 0 unspecified atom stereocenters. The fraction of sp³-hybridized carbons (Fsp3) is 0.357. The van der Waals surface area contributed by atoms with Crippen LogP contribution in [0.5, 0.6) is 0 Å². The molecule has 1 aliphatic rings. The Balaban J connectivity index is 1.71. The van der Waals surface area contributed by atoms with Gasteiger partial charge in [0.2, 0.25) is 5.95 Å². The van der Waals surface area contributed by atoms with Crippen LogP contribution in [0, 0.1) is 0 Å². The van der Waals surface area contributed by atoms with Crippen molar-refractivity contribution in [1.82, 2.24) is 14.9 Å². The number of carbonyl (C=O) groups is 1. The van der Waals surface area contributed by atoms with Gasteiger partial charge < -0.3 is 10.0 Å². The molecule has 0 spiro atoms.